The van der Waals surface area contributed by atoms with E-state index in [0.717, 1.165) is 16.0 Å². The van der Waals surface area contributed by atoms with Gasteiger partial charge in [-0.1, -0.05) is 23.5 Å². The molecule has 1 aromatic heterocycles. The smallest absolute Gasteiger partial charge is 0.295 e. The number of anilines is 1. The Hall–Kier alpha value is -3.84. The van der Waals surface area contributed by atoms with Gasteiger partial charge in [0.25, 0.3) is 11.6 Å². The monoisotopic (exact) mass is 396 g/mol. The summed E-state index contributed by atoms with van der Waals surface area (Å²) in [6, 6.07) is 11.9. The molecule has 10 heteroatoms. The first-order valence-corrected chi connectivity index (χ1v) is 8.68. The zero-order chi connectivity index (χ0) is 20.3. The molecule has 28 heavy (non-hydrogen) atoms. The minimum atomic E-state index is -1.38. The van der Waals surface area contributed by atoms with Crippen LogP contribution in [0, 0.1) is 21.4 Å². The van der Waals surface area contributed by atoms with Crippen LogP contribution in [-0.2, 0) is 9.59 Å². The van der Waals surface area contributed by atoms with Crippen LogP contribution in [0.15, 0.2) is 42.5 Å². The number of benzene rings is 2. The summed E-state index contributed by atoms with van der Waals surface area (Å²) in [4.78, 5) is 39.0. The minimum Gasteiger partial charge on any atom is -0.497 e. The first kappa shape index (κ1) is 18.9. The molecule has 3 aromatic rings. The Balaban J connectivity index is 1.78. The molecule has 3 rings (SSSR count). The molecule has 1 atom stereocenters. The quantitative estimate of drug-likeness (QED) is 0.384. The largest absolute Gasteiger partial charge is 0.497 e. The number of hydrogen-bond donors (Lipinski definition) is 1. The van der Waals surface area contributed by atoms with E-state index in [9.17, 15) is 25.0 Å². The summed E-state index contributed by atoms with van der Waals surface area (Å²) in [5.74, 6) is -2.72. The van der Waals surface area contributed by atoms with Gasteiger partial charge < -0.3 is 4.74 Å². The van der Waals surface area contributed by atoms with Crippen LogP contribution in [0.1, 0.15) is 11.5 Å². The van der Waals surface area contributed by atoms with Crippen molar-refractivity contribution >= 4 is 44.1 Å². The lowest BCUT2D eigenvalue weighted by Gasteiger charge is -2.07. The van der Waals surface area contributed by atoms with Gasteiger partial charge in [0.1, 0.15) is 11.7 Å². The number of fused-ring (bicyclic) bond motifs is 1. The molecule has 0 aliphatic carbocycles. The van der Waals surface area contributed by atoms with E-state index in [1.807, 2.05) is 0 Å². The minimum absolute atomic E-state index is 0.178. The number of carbonyl (C=O) groups is 2. The summed E-state index contributed by atoms with van der Waals surface area (Å²) in [6.07, 6.45) is 0. The van der Waals surface area contributed by atoms with Gasteiger partial charge in [-0.2, -0.15) is 5.26 Å². The predicted octanol–water partition coefficient (Wildman–Crippen LogP) is 3.03. The number of nitro benzene ring substituents is 1. The summed E-state index contributed by atoms with van der Waals surface area (Å²) in [5, 5.41) is 22.6. The molecule has 0 bridgehead atoms. The van der Waals surface area contributed by atoms with E-state index in [-0.39, 0.29) is 16.4 Å². The van der Waals surface area contributed by atoms with Crippen molar-refractivity contribution in [3.8, 4) is 11.8 Å². The van der Waals surface area contributed by atoms with Crippen LogP contribution in [0.3, 0.4) is 0 Å². The van der Waals surface area contributed by atoms with E-state index in [2.05, 4.69) is 10.3 Å². The van der Waals surface area contributed by atoms with Gasteiger partial charge in [0.15, 0.2) is 5.13 Å². The number of nitrogens with zero attached hydrogens (tertiary/aromatic N) is 3. The van der Waals surface area contributed by atoms with Crippen molar-refractivity contribution in [2.24, 2.45) is 0 Å². The molecular weight excluding hydrogens is 384 g/mol. The second-order valence-corrected chi connectivity index (χ2v) is 6.61. The molecule has 0 fully saturated rings. The van der Waals surface area contributed by atoms with Crippen LogP contribution in [0.5, 0.6) is 5.75 Å². The highest BCUT2D eigenvalue weighted by Crippen LogP contribution is 2.29. The highest BCUT2D eigenvalue weighted by molar-refractivity contribution is 7.22. The first-order valence-electron chi connectivity index (χ1n) is 7.86. The number of Topliss-reactive ketones (excluding diaryl/α,β-unsaturated/α-hetero) is 1. The van der Waals surface area contributed by atoms with Gasteiger partial charge in [-0.05, 0) is 23.8 Å². The summed E-state index contributed by atoms with van der Waals surface area (Å²) >= 11 is 1.16. The molecule has 1 N–H and O–H groups in total. The molecule has 1 amide bonds. The highest BCUT2D eigenvalue weighted by Gasteiger charge is 2.28. The molecule has 0 aliphatic rings. The summed E-state index contributed by atoms with van der Waals surface area (Å²) in [7, 11) is 1.53. The first-order chi connectivity index (χ1) is 13.4. The summed E-state index contributed by atoms with van der Waals surface area (Å²) < 4.78 is 5.89. The Morgan fingerprint density at radius 2 is 2.00 bits per heavy atom. The lowest BCUT2D eigenvalue weighted by Crippen LogP contribution is -2.27. The molecule has 0 unspecified atom stereocenters. The number of amides is 1. The van der Waals surface area contributed by atoms with Gasteiger partial charge >= 0.3 is 0 Å². The number of thiazole rings is 1. The normalized spacial score (nSPS) is 11.4. The molecule has 0 saturated carbocycles. The van der Waals surface area contributed by atoms with Crippen molar-refractivity contribution in [3.05, 3.63) is 58.1 Å². The van der Waals surface area contributed by atoms with Crippen LogP contribution in [0.25, 0.3) is 10.2 Å². The van der Waals surface area contributed by atoms with Crippen LogP contribution in [0.2, 0.25) is 0 Å². The summed E-state index contributed by atoms with van der Waals surface area (Å²) in [6.45, 7) is 0. The maximum Gasteiger partial charge on any atom is 0.295 e. The fourth-order valence-electron chi connectivity index (χ4n) is 2.45. The Morgan fingerprint density at radius 1 is 1.29 bits per heavy atom. The van der Waals surface area contributed by atoms with Gasteiger partial charge in [-0.3, -0.25) is 25.0 Å². The third-order valence-corrected chi connectivity index (χ3v) is 4.80. The average molecular weight is 396 g/mol. The number of nitriles is 1. The zero-order valence-corrected chi connectivity index (χ0v) is 15.2. The number of hydrogen-bond acceptors (Lipinski definition) is 8. The van der Waals surface area contributed by atoms with E-state index >= 15 is 0 Å². The van der Waals surface area contributed by atoms with Crippen molar-refractivity contribution in [3.63, 3.8) is 0 Å². The van der Waals surface area contributed by atoms with Crippen molar-refractivity contribution in [1.29, 1.82) is 5.26 Å². The zero-order valence-electron chi connectivity index (χ0n) is 14.4. The fraction of sp³-hybridized carbons (Fsp3) is 0.111. The maximum atomic E-state index is 12.4. The molecule has 140 valence electrons. The SMILES string of the molecule is COc1ccc2nc(NC(=O)C(=O)[C@H](C#N)c3ccc([N+](=O)[O-])cc3)sc2c1. The van der Waals surface area contributed by atoms with Crippen LogP contribution in [-0.4, -0.2) is 28.7 Å². The van der Waals surface area contributed by atoms with Crippen molar-refractivity contribution in [2.45, 2.75) is 5.92 Å². The Bertz CT molecular complexity index is 1120. The number of nitrogens with one attached hydrogen (secondary N) is 1. The molecule has 0 radical (unpaired) electrons. The Kier molecular flexibility index (Phi) is 5.28. The molecule has 0 saturated heterocycles. The van der Waals surface area contributed by atoms with E-state index in [1.54, 1.807) is 24.3 Å². The van der Waals surface area contributed by atoms with Crippen LogP contribution in [0.4, 0.5) is 10.8 Å². The number of aromatic nitrogens is 1. The lowest BCUT2D eigenvalue weighted by molar-refractivity contribution is -0.384. The van der Waals surface area contributed by atoms with E-state index < -0.39 is 22.5 Å². The molecular formula is C18H12N4O5S. The van der Waals surface area contributed by atoms with Crippen molar-refractivity contribution in [1.82, 2.24) is 4.98 Å². The maximum absolute atomic E-state index is 12.4. The van der Waals surface area contributed by atoms with Gasteiger partial charge in [0.2, 0.25) is 5.78 Å². The van der Waals surface area contributed by atoms with Gasteiger partial charge in [0, 0.05) is 12.1 Å². The second-order valence-electron chi connectivity index (χ2n) is 5.58. The van der Waals surface area contributed by atoms with E-state index in [4.69, 9.17) is 4.74 Å². The number of non-ortho nitro benzene ring substituents is 1. The van der Waals surface area contributed by atoms with Gasteiger partial charge in [-0.15, -0.1) is 0 Å². The fourth-order valence-corrected chi connectivity index (χ4v) is 3.34. The topological polar surface area (TPSA) is 135 Å². The van der Waals surface area contributed by atoms with Gasteiger partial charge in [-0.25, -0.2) is 4.98 Å². The van der Waals surface area contributed by atoms with Gasteiger partial charge in [0.05, 0.1) is 28.3 Å². The highest BCUT2D eigenvalue weighted by atomic mass is 32.1. The number of carbonyl (C=O) groups excluding carboxylic acids is 2. The Labute approximate surface area is 162 Å². The van der Waals surface area contributed by atoms with Crippen molar-refractivity contribution < 1.29 is 19.2 Å². The van der Waals surface area contributed by atoms with Crippen molar-refractivity contribution in [2.75, 3.05) is 12.4 Å². The van der Waals surface area contributed by atoms with E-state index in [1.165, 1.54) is 31.4 Å². The van der Waals surface area contributed by atoms with E-state index in [0.29, 0.717) is 11.3 Å². The average Bonchev–Trinajstić information content (AvgIpc) is 3.09. The lowest BCUT2D eigenvalue weighted by atomic mass is 9.95. The van der Waals surface area contributed by atoms with Crippen LogP contribution >= 0.6 is 11.3 Å². The number of methoxy groups -OCH3 is 1. The number of ether oxygens (including phenoxy) is 1. The molecule has 1 heterocycles. The molecule has 2 aromatic carbocycles. The Morgan fingerprint density at radius 3 is 2.61 bits per heavy atom. The third-order valence-electron chi connectivity index (χ3n) is 3.87. The molecule has 0 spiro atoms. The molecule has 0 aliphatic heterocycles. The summed E-state index contributed by atoms with van der Waals surface area (Å²) in [5.41, 5.74) is 0.644. The second kappa shape index (κ2) is 7.81. The van der Waals surface area contributed by atoms with Crippen LogP contribution < -0.4 is 10.1 Å². The standard InChI is InChI=1S/C18H12N4O5S/c1-27-12-6-7-14-15(8-12)28-18(20-14)21-17(24)16(23)13(9-19)10-2-4-11(5-3-10)22(25)26/h2-8,13H,1H3,(H,20,21,24)/t13-/m1/s1. The third kappa shape index (κ3) is 3.79. The predicted molar refractivity (Wildman–Crippen MR) is 101 cm³/mol. The number of rotatable bonds is 6. The molecule has 9 nitrogen and oxygen atoms in total. The number of nitro groups is 1. The number of ketones is 1.